The molecule has 13 rings (SSSR count). The van der Waals surface area contributed by atoms with Crippen LogP contribution in [0.2, 0.25) is 0 Å². The molecular formula is C56H36N2S. The second kappa shape index (κ2) is 11.8. The van der Waals surface area contributed by atoms with E-state index in [4.69, 9.17) is 9.97 Å². The highest BCUT2D eigenvalue weighted by atomic mass is 32.1. The lowest BCUT2D eigenvalue weighted by molar-refractivity contribution is 0.660. The highest BCUT2D eigenvalue weighted by molar-refractivity contribution is 7.26. The van der Waals surface area contributed by atoms with Gasteiger partial charge in [-0.1, -0.05) is 178 Å². The molecule has 8 aromatic carbocycles. The van der Waals surface area contributed by atoms with E-state index in [-0.39, 0.29) is 5.41 Å². The first kappa shape index (κ1) is 33.1. The van der Waals surface area contributed by atoms with Gasteiger partial charge in [-0.3, -0.25) is 0 Å². The van der Waals surface area contributed by atoms with Crippen molar-refractivity contribution in [2.75, 3.05) is 0 Å². The lowest BCUT2D eigenvalue weighted by atomic mass is 9.70. The molecule has 0 radical (unpaired) electrons. The van der Waals surface area contributed by atoms with Crippen LogP contribution in [0, 0.1) is 0 Å². The van der Waals surface area contributed by atoms with E-state index in [1.165, 1.54) is 86.9 Å². The summed E-state index contributed by atoms with van der Waals surface area (Å²) >= 11 is 1.85. The van der Waals surface area contributed by atoms with Crippen molar-refractivity contribution in [3.05, 3.63) is 215 Å². The van der Waals surface area contributed by atoms with Crippen LogP contribution >= 0.6 is 11.3 Å². The van der Waals surface area contributed by atoms with Gasteiger partial charge in [0.1, 0.15) is 0 Å². The first-order valence-corrected chi connectivity index (χ1v) is 21.3. The second-order valence-corrected chi connectivity index (χ2v) is 17.8. The van der Waals surface area contributed by atoms with Crippen molar-refractivity contribution in [1.82, 2.24) is 9.97 Å². The Bertz CT molecular complexity index is 3380. The molecule has 2 aromatic heterocycles. The van der Waals surface area contributed by atoms with E-state index in [0.717, 1.165) is 33.9 Å². The zero-order valence-electron chi connectivity index (χ0n) is 32.6. The highest BCUT2D eigenvalue weighted by Gasteiger charge is 2.51. The minimum atomic E-state index is -0.451. The Kier molecular flexibility index (Phi) is 6.62. The SMILES string of the molecule is CC1(C)c2ccccc2-c2c(-c3cc(-c4cccc5c4sc4ccccc45)nc(-c4ccc5c(c4)C4(c6ccccc6-c6ccccc64)c4ccccc4-5)n3)cccc21. The van der Waals surface area contributed by atoms with E-state index >= 15 is 0 Å². The Hall–Kier alpha value is -6.94. The van der Waals surface area contributed by atoms with Crippen molar-refractivity contribution in [1.29, 1.82) is 0 Å². The molecule has 3 aliphatic rings. The summed E-state index contributed by atoms with van der Waals surface area (Å²) in [4.78, 5) is 11.2. The molecule has 0 fully saturated rings. The summed E-state index contributed by atoms with van der Waals surface area (Å²) in [5.74, 6) is 0.729. The normalized spacial score (nSPS) is 14.5. The molecule has 10 aromatic rings. The highest BCUT2D eigenvalue weighted by Crippen LogP contribution is 2.63. The topological polar surface area (TPSA) is 25.8 Å². The Morgan fingerprint density at radius 1 is 0.390 bits per heavy atom. The first-order chi connectivity index (χ1) is 29.0. The third-order valence-electron chi connectivity index (χ3n) is 13.5. The van der Waals surface area contributed by atoms with E-state index in [2.05, 4.69) is 196 Å². The molecule has 2 heterocycles. The van der Waals surface area contributed by atoms with Crippen LogP contribution in [-0.2, 0) is 10.8 Å². The third kappa shape index (κ3) is 4.30. The summed E-state index contributed by atoms with van der Waals surface area (Å²) in [7, 11) is 0. The van der Waals surface area contributed by atoms with Crippen LogP contribution in [0.1, 0.15) is 47.2 Å². The Labute approximate surface area is 347 Å². The average Bonchev–Trinajstić information content (AvgIpc) is 3.98. The van der Waals surface area contributed by atoms with Crippen molar-refractivity contribution in [3.8, 4) is 67.3 Å². The second-order valence-electron chi connectivity index (χ2n) is 16.8. The molecule has 59 heavy (non-hydrogen) atoms. The molecule has 3 heteroatoms. The van der Waals surface area contributed by atoms with Crippen molar-refractivity contribution in [3.63, 3.8) is 0 Å². The fourth-order valence-electron chi connectivity index (χ4n) is 11.0. The molecular weight excluding hydrogens is 733 g/mol. The van der Waals surface area contributed by atoms with Crippen LogP contribution in [-0.4, -0.2) is 9.97 Å². The van der Waals surface area contributed by atoms with Crippen molar-refractivity contribution in [2.24, 2.45) is 0 Å². The molecule has 0 bridgehead atoms. The summed E-state index contributed by atoms with van der Waals surface area (Å²) in [5.41, 5.74) is 20.2. The Balaban J connectivity index is 1.09. The van der Waals surface area contributed by atoms with Crippen molar-refractivity contribution in [2.45, 2.75) is 24.7 Å². The molecule has 0 atom stereocenters. The number of benzene rings is 8. The monoisotopic (exact) mass is 768 g/mol. The predicted molar refractivity (Wildman–Crippen MR) is 245 cm³/mol. The summed E-state index contributed by atoms with van der Waals surface area (Å²) in [6, 6.07) is 67.3. The molecule has 3 aliphatic carbocycles. The van der Waals surface area contributed by atoms with Gasteiger partial charge in [0.2, 0.25) is 0 Å². The van der Waals surface area contributed by atoms with Gasteiger partial charge in [-0.15, -0.1) is 11.3 Å². The van der Waals surface area contributed by atoms with E-state index in [1.54, 1.807) is 0 Å². The maximum Gasteiger partial charge on any atom is 0.160 e. The zero-order valence-corrected chi connectivity index (χ0v) is 33.4. The van der Waals surface area contributed by atoms with Crippen molar-refractivity contribution < 1.29 is 0 Å². The van der Waals surface area contributed by atoms with Gasteiger partial charge in [-0.05, 0) is 85.0 Å². The molecule has 0 saturated carbocycles. The van der Waals surface area contributed by atoms with Gasteiger partial charge < -0.3 is 0 Å². The minimum absolute atomic E-state index is 0.125. The average molecular weight is 769 g/mol. The lowest BCUT2D eigenvalue weighted by Gasteiger charge is -2.30. The van der Waals surface area contributed by atoms with Crippen LogP contribution in [0.5, 0.6) is 0 Å². The minimum Gasteiger partial charge on any atom is -0.228 e. The number of hydrogen-bond donors (Lipinski definition) is 0. The molecule has 0 amide bonds. The largest absolute Gasteiger partial charge is 0.228 e. The number of aromatic nitrogens is 2. The number of nitrogens with zero attached hydrogens (tertiary/aromatic N) is 2. The van der Waals surface area contributed by atoms with Crippen LogP contribution in [0.3, 0.4) is 0 Å². The van der Waals surface area contributed by atoms with Crippen LogP contribution in [0.25, 0.3) is 87.5 Å². The maximum absolute atomic E-state index is 5.59. The molecule has 2 nitrogen and oxygen atoms in total. The number of thiophene rings is 1. The van der Waals surface area contributed by atoms with E-state index in [1.807, 2.05) is 11.3 Å². The zero-order chi connectivity index (χ0) is 39.0. The maximum atomic E-state index is 5.59. The van der Waals surface area contributed by atoms with Gasteiger partial charge in [0.25, 0.3) is 0 Å². The number of fused-ring (bicyclic) bond motifs is 16. The summed E-state index contributed by atoms with van der Waals surface area (Å²) in [5, 5.41) is 2.54. The third-order valence-corrected chi connectivity index (χ3v) is 14.8. The van der Waals surface area contributed by atoms with Crippen molar-refractivity contribution >= 4 is 31.5 Å². The van der Waals surface area contributed by atoms with Gasteiger partial charge in [-0.25, -0.2) is 9.97 Å². The fraction of sp³-hybridized carbons (Fsp3) is 0.0714. The Morgan fingerprint density at radius 3 is 1.61 bits per heavy atom. The summed E-state index contributed by atoms with van der Waals surface area (Å²) < 4.78 is 2.53. The van der Waals surface area contributed by atoms with Crippen LogP contribution in [0.4, 0.5) is 0 Å². The molecule has 0 aliphatic heterocycles. The molecule has 276 valence electrons. The van der Waals surface area contributed by atoms with Gasteiger partial charge in [0.15, 0.2) is 5.82 Å². The lowest BCUT2D eigenvalue weighted by Crippen LogP contribution is -2.25. The first-order valence-electron chi connectivity index (χ1n) is 20.5. The van der Waals surface area contributed by atoms with Gasteiger partial charge in [0.05, 0.1) is 16.8 Å². The van der Waals surface area contributed by atoms with Gasteiger partial charge >= 0.3 is 0 Å². The standard InChI is InChI=1S/C56H36N2S/c1-55(2)43-23-8-6-19-40(43)52-41(21-14-27-47(52)55)49-32-50(42-22-13-20-39-38-18-7-12-28-51(38)59-53(39)42)58-54(57-49)33-29-30-37-36-17-5-11-26-46(36)56(48(37)31-33)44-24-9-3-15-34(44)35-16-4-10-25-45(35)56/h3-32H,1-2H3. The summed E-state index contributed by atoms with van der Waals surface area (Å²) in [6.07, 6.45) is 0. The van der Waals surface area contributed by atoms with Gasteiger partial charge in [-0.2, -0.15) is 0 Å². The predicted octanol–water partition coefficient (Wildman–Crippen LogP) is 14.5. The quantitative estimate of drug-likeness (QED) is 0.179. The van der Waals surface area contributed by atoms with Gasteiger partial charge in [0, 0.05) is 42.3 Å². The smallest absolute Gasteiger partial charge is 0.160 e. The number of rotatable bonds is 3. The van der Waals surface area contributed by atoms with E-state index in [0.29, 0.717) is 0 Å². The summed E-state index contributed by atoms with van der Waals surface area (Å²) in [6.45, 7) is 4.69. The molecule has 0 N–H and O–H groups in total. The fourth-order valence-corrected chi connectivity index (χ4v) is 12.2. The van der Waals surface area contributed by atoms with Crippen LogP contribution < -0.4 is 0 Å². The molecule has 0 saturated heterocycles. The van der Waals surface area contributed by atoms with E-state index < -0.39 is 5.41 Å². The number of hydrogen-bond acceptors (Lipinski definition) is 3. The Morgan fingerprint density at radius 2 is 0.898 bits per heavy atom. The molecule has 1 spiro atoms. The molecule has 0 unspecified atom stereocenters. The van der Waals surface area contributed by atoms with Crippen LogP contribution in [0.15, 0.2) is 182 Å². The van der Waals surface area contributed by atoms with E-state index in [9.17, 15) is 0 Å².